The van der Waals surface area contributed by atoms with Gasteiger partial charge in [-0.3, -0.25) is 4.79 Å². The van der Waals surface area contributed by atoms with Gasteiger partial charge in [0.15, 0.2) is 0 Å². The van der Waals surface area contributed by atoms with Crippen molar-refractivity contribution >= 4 is 11.7 Å². The van der Waals surface area contributed by atoms with Crippen LogP contribution in [0.5, 0.6) is 11.5 Å². The zero-order valence-electron chi connectivity index (χ0n) is 28.7. The summed E-state index contributed by atoms with van der Waals surface area (Å²) in [5, 5.41) is 16.4. The third-order valence-corrected chi connectivity index (χ3v) is 7.84. The Morgan fingerprint density at radius 3 is 2.02 bits per heavy atom. The minimum absolute atomic E-state index is 0.153. The van der Waals surface area contributed by atoms with Crippen LogP contribution in [-0.4, -0.2) is 87.2 Å². The molecule has 2 heterocycles. The lowest BCUT2D eigenvalue weighted by Crippen LogP contribution is -2.27. The monoisotopic (exact) mass is 696 g/mol. The molecule has 0 atom stereocenters. The number of carbonyl (C=O) groups is 1. The number of benzene rings is 3. The minimum atomic E-state index is -0.342. The molecular weight excluding hydrogens is 652 g/mol. The van der Waals surface area contributed by atoms with Crippen LogP contribution in [0.15, 0.2) is 95.6 Å². The number of hydrogen-bond donors (Lipinski definition) is 3. The fourth-order valence-corrected chi connectivity index (χ4v) is 5.29. The van der Waals surface area contributed by atoms with Crippen LogP contribution in [0.2, 0.25) is 0 Å². The molecule has 0 bridgehead atoms. The number of anilines is 1. The second-order valence-corrected chi connectivity index (χ2v) is 11.3. The molecule has 51 heavy (non-hydrogen) atoms. The minimum Gasteiger partial charge on any atom is -0.508 e. The molecule has 12 nitrogen and oxygen atoms in total. The third-order valence-electron chi connectivity index (χ3n) is 7.84. The van der Waals surface area contributed by atoms with Crippen LogP contribution in [0, 0.1) is 0 Å². The van der Waals surface area contributed by atoms with Crippen molar-refractivity contribution in [2.24, 2.45) is 0 Å². The number of hydrogen-bond acceptors (Lipinski definition) is 11. The van der Waals surface area contributed by atoms with Gasteiger partial charge in [-0.2, -0.15) is 0 Å². The van der Waals surface area contributed by atoms with Gasteiger partial charge in [0.2, 0.25) is 5.76 Å². The highest BCUT2D eigenvalue weighted by molar-refractivity contribution is 5.92. The largest absolute Gasteiger partial charge is 0.508 e. The number of amides is 1. The molecule has 0 spiro atoms. The van der Waals surface area contributed by atoms with Crippen molar-refractivity contribution in [3.63, 3.8) is 0 Å². The Kier molecular flexibility index (Phi) is 14.4. The van der Waals surface area contributed by atoms with E-state index in [2.05, 4.69) is 22.4 Å². The van der Waals surface area contributed by atoms with Gasteiger partial charge in [-0.1, -0.05) is 66.7 Å². The number of nitrogen functional groups attached to an aromatic ring is 1. The van der Waals surface area contributed by atoms with E-state index in [1.54, 1.807) is 24.4 Å². The highest BCUT2D eigenvalue weighted by Crippen LogP contribution is 2.36. The van der Waals surface area contributed by atoms with Gasteiger partial charge < -0.3 is 44.4 Å². The van der Waals surface area contributed by atoms with Crippen molar-refractivity contribution in [1.82, 2.24) is 15.5 Å². The first-order chi connectivity index (χ1) is 25.0. The summed E-state index contributed by atoms with van der Waals surface area (Å²) in [6.07, 6.45) is 2.58. The summed E-state index contributed by atoms with van der Waals surface area (Å²) < 4.78 is 33.2. The van der Waals surface area contributed by atoms with E-state index in [0.29, 0.717) is 77.5 Å². The zero-order valence-corrected chi connectivity index (χ0v) is 28.7. The number of pyridine rings is 1. The molecule has 0 aliphatic carbocycles. The van der Waals surface area contributed by atoms with Crippen molar-refractivity contribution in [2.45, 2.75) is 13.3 Å². The Balaban J connectivity index is 0.867. The summed E-state index contributed by atoms with van der Waals surface area (Å²) in [7, 11) is 0. The molecule has 0 saturated heterocycles. The summed E-state index contributed by atoms with van der Waals surface area (Å²) >= 11 is 0. The number of nitrogens with one attached hydrogen (secondary N) is 1. The predicted molar refractivity (Wildman–Crippen MR) is 194 cm³/mol. The zero-order chi connectivity index (χ0) is 35.7. The summed E-state index contributed by atoms with van der Waals surface area (Å²) in [5.41, 5.74) is 12.7. The third kappa shape index (κ3) is 11.1. The van der Waals surface area contributed by atoms with Gasteiger partial charge in [0, 0.05) is 35.5 Å². The maximum Gasteiger partial charge on any atom is 0.289 e. The Hall–Kier alpha value is -5.27. The van der Waals surface area contributed by atoms with E-state index in [4.69, 9.17) is 33.9 Å². The summed E-state index contributed by atoms with van der Waals surface area (Å²) in [6.45, 7) is 6.25. The molecule has 12 heteroatoms. The van der Waals surface area contributed by atoms with Gasteiger partial charge in [0.1, 0.15) is 29.6 Å². The Labute approximate surface area is 297 Å². The van der Waals surface area contributed by atoms with Crippen molar-refractivity contribution in [3.05, 3.63) is 102 Å². The van der Waals surface area contributed by atoms with E-state index < -0.39 is 0 Å². The van der Waals surface area contributed by atoms with Crippen LogP contribution >= 0.6 is 0 Å². The lowest BCUT2D eigenvalue weighted by molar-refractivity contribution is -0.00423. The standard InChI is InChI=1S/C39H44N4O8/c1-2-33-34(27-42-38(40)37(33)30-8-12-31(44)13-9-30)28-10-14-32(15-11-28)50-25-24-49-23-22-48-21-20-47-19-18-46-17-16-41-39(45)36-26-35(43-51-36)29-6-4-3-5-7-29/h3-15,26-27,44H,2,16-25H2,1H3,(H2,40,42)(H,41,45). The second kappa shape index (κ2) is 19.8. The number of aromatic nitrogens is 2. The molecule has 2 aromatic heterocycles. The maximum atomic E-state index is 12.2. The molecule has 0 radical (unpaired) electrons. The van der Waals surface area contributed by atoms with Gasteiger partial charge in [0.05, 0.1) is 52.9 Å². The van der Waals surface area contributed by atoms with Crippen LogP contribution in [0.3, 0.4) is 0 Å². The highest BCUT2D eigenvalue weighted by Gasteiger charge is 2.16. The molecule has 5 aromatic rings. The lowest BCUT2D eigenvalue weighted by atomic mass is 9.92. The number of phenols is 1. The normalized spacial score (nSPS) is 11.1. The lowest BCUT2D eigenvalue weighted by Gasteiger charge is -2.16. The van der Waals surface area contributed by atoms with Gasteiger partial charge in [-0.15, -0.1) is 0 Å². The molecule has 5 rings (SSSR count). The van der Waals surface area contributed by atoms with E-state index in [1.165, 1.54) is 0 Å². The number of rotatable bonds is 21. The molecule has 0 unspecified atom stereocenters. The first-order valence-corrected chi connectivity index (χ1v) is 16.9. The van der Waals surface area contributed by atoms with E-state index >= 15 is 0 Å². The van der Waals surface area contributed by atoms with E-state index in [1.807, 2.05) is 66.7 Å². The first-order valence-electron chi connectivity index (χ1n) is 16.9. The molecule has 4 N–H and O–H groups in total. The number of ether oxygens (including phenoxy) is 5. The van der Waals surface area contributed by atoms with E-state index in [9.17, 15) is 9.90 Å². The first kappa shape index (κ1) is 37.0. The van der Waals surface area contributed by atoms with Gasteiger partial charge in [-0.05, 0) is 47.4 Å². The van der Waals surface area contributed by atoms with Crippen molar-refractivity contribution in [2.75, 3.05) is 71.7 Å². The van der Waals surface area contributed by atoms with Gasteiger partial charge in [-0.25, -0.2) is 4.98 Å². The van der Waals surface area contributed by atoms with Gasteiger partial charge in [0.25, 0.3) is 5.91 Å². The fraction of sp³-hybridized carbons (Fsp3) is 0.308. The number of nitrogens with zero attached hydrogens (tertiary/aromatic N) is 2. The van der Waals surface area contributed by atoms with Crippen molar-refractivity contribution < 1.29 is 38.1 Å². The Bertz CT molecular complexity index is 1780. The van der Waals surface area contributed by atoms with Crippen LogP contribution in [0.4, 0.5) is 5.82 Å². The highest BCUT2D eigenvalue weighted by atomic mass is 16.6. The van der Waals surface area contributed by atoms with E-state index in [0.717, 1.165) is 45.6 Å². The second-order valence-electron chi connectivity index (χ2n) is 11.3. The predicted octanol–water partition coefficient (Wildman–Crippen LogP) is 5.80. The Morgan fingerprint density at radius 2 is 1.37 bits per heavy atom. The molecule has 268 valence electrons. The fourth-order valence-electron chi connectivity index (χ4n) is 5.29. The average molecular weight is 697 g/mol. The molecule has 0 aliphatic rings. The van der Waals surface area contributed by atoms with Crippen molar-refractivity contribution in [1.29, 1.82) is 0 Å². The maximum absolute atomic E-state index is 12.2. The van der Waals surface area contributed by atoms with Crippen LogP contribution < -0.4 is 15.8 Å². The number of phenolic OH excluding ortho intramolecular Hbond substituents is 1. The quantitative estimate of drug-likeness (QED) is 0.0796. The number of carbonyl (C=O) groups excluding carboxylic acids is 1. The molecule has 0 fully saturated rings. The smallest absolute Gasteiger partial charge is 0.289 e. The number of aromatic hydroxyl groups is 1. The van der Waals surface area contributed by atoms with Crippen LogP contribution in [0.25, 0.3) is 33.5 Å². The SMILES string of the molecule is CCc1c(-c2ccc(OCCOCCOCCOCCOCCNC(=O)c3cc(-c4ccccc4)no3)cc2)cnc(N)c1-c1ccc(O)cc1. The number of nitrogens with two attached hydrogens (primary N) is 1. The summed E-state index contributed by atoms with van der Waals surface area (Å²) in [5.74, 6) is 1.22. The Morgan fingerprint density at radius 1 is 0.765 bits per heavy atom. The van der Waals surface area contributed by atoms with Gasteiger partial charge >= 0.3 is 0 Å². The summed E-state index contributed by atoms with van der Waals surface area (Å²) in [4.78, 5) is 16.7. The van der Waals surface area contributed by atoms with Crippen LogP contribution in [-0.2, 0) is 25.4 Å². The van der Waals surface area contributed by atoms with Crippen LogP contribution in [0.1, 0.15) is 23.0 Å². The van der Waals surface area contributed by atoms with Crippen molar-refractivity contribution in [3.8, 4) is 45.0 Å². The topological polar surface area (TPSA) is 160 Å². The molecular formula is C39H44N4O8. The molecule has 0 aliphatic heterocycles. The molecule has 3 aromatic carbocycles. The average Bonchev–Trinajstić information content (AvgIpc) is 3.66. The summed E-state index contributed by atoms with van der Waals surface area (Å²) in [6, 6.07) is 26.0. The molecule has 1 amide bonds. The molecule has 0 saturated carbocycles. The van der Waals surface area contributed by atoms with E-state index in [-0.39, 0.29) is 17.4 Å².